The SMILES string of the molecule is O=C(Nc1cccc(S(=O)(=O)N2CCOCC2)c1)[C@@H]1CCCc2ccccc21. The molecule has 1 fully saturated rings. The molecule has 0 saturated carbocycles. The first-order valence-corrected chi connectivity index (χ1v) is 11.1. The van der Waals surface area contributed by atoms with Crippen LogP contribution in [0, 0.1) is 0 Å². The molecule has 7 heteroatoms. The van der Waals surface area contributed by atoms with Gasteiger partial charge in [0.1, 0.15) is 0 Å². The van der Waals surface area contributed by atoms with Gasteiger partial charge < -0.3 is 10.1 Å². The van der Waals surface area contributed by atoms with Crippen LogP contribution in [0.2, 0.25) is 0 Å². The Kier molecular flexibility index (Phi) is 5.48. The summed E-state index contributed by atoms with van der Waals surface area (Å²) in [6, 6.07) is 14.5. The summed E-state index contributed by atoms with van der Waals surface area (Å²) in [5.41, 5.74) is 2.79. The van der Waals surface area contributed by atoms with E-state index in [0.717, 1.165) is 24.8 Å². The van der Waals surface area contributed by atoms with Crippen molar-refractivity contribution in [2.45, 2.75) is 30.1 Å². The molecule has 28 heavy (non-hydrogen) atoms. The second kappa shape index (κ2) is 8.03. The highest BCUT2D eigenvalue weighted by Crippen LogP contribution is 2.32. The van der Waals surface area contributed by atoms with Crippen molar-refractivity contribution in [2.24, 2.45) is 0 Å². The molecule has 4 rings (SSSR count). The molecule has 1 aliphatic heterocycles. The maximum absolute atomic E-state index is 12.9. The van der Waals surface area contributed by atoms with Crippen LogP contribution in [-0.2, 0) is 26.0 Å². The van der Waals surface area contributed by atoms with Gasteiger partial charge in [-0.15, -0.1) is 0 Å². The molecule has 2 aromatic rings. The smallest absolute Gasteiger partial charge is 0.243 e. The molecule has 1 amide bonds. The van der Waals surface area contributed by atoms with Crippen LogP contribution in [0.15, 0.2) is 53.4 Å². The fourth-order valence-corrected chi connectivity index (χ4v) is 5.38. The van der Waals surface area contributed by atoms with Gasteiger partial charge in [-0.3, -0.25) is 4.79 Å². The Morgan fingerprint density at radius 3 is 2.68 bits per heavy atom. The van der Waals surface area contributed by atoms with Crippen molar-refractivity contribution < 1.29 is 17.9 Å². The quantitative estimate of drug-likeness (QED) is 0.856. The van der Waals surface area contributed by atoms with E-state index in [0.29, 0.717) is 32.0 Å². The molecular formula is C21H24N2O4S. The van der Waals surface area contributed by atoms with Gasteiger partial charge >= 0.3 is 0 Å². The summed E-state index contributed by atoms with van der Waals surface area (Å²) < 4.78 is 32.4. The number of morpholine rings is 1. The first kappa shape index (κ1) is 19.1. The van der Waals surface area contributed by atoms with Crippen LogP contribution in [0.25, 0.3) is 0 Å². The molecule has 0 radical (unpaired) electrons. The van der Waals surface area contributed by atoms with Crippen LogP contribution in [0.4, 0.5) is 5.69 Å². The largest absolute Gasteiger partial charge is 0.379 e. The molecule has 2 aliphatic rings. The van der Waals surface area contributed by atoms with Gasteiger partial charge in [0.05, 0.1) is 24.0 Å². The lowest BCUT2D eigenvalue weighted by Gasteiger charge is -2.26. The van der Waals surface area contributed by atoms with E-state index in [-0.39, 0.29) is 16.7 Å². The van der Waals surface area contributed by atoms with Gasteiger partial charge in [0.15, 0.2) is 0 Å². The molecule has 0 aromatic heterocycles. The molecule has 6 nitrogen and oxygen atoms in total. The van der Waals surface area contributed by atoms with Crippen molar-refractivity contribution in [1.82, 2.24) is 4.31 Å². The monoisotopic (exact) mass is 400 g/mol. The minimum atomic E-state index is -3.59. The van der Waals surface area contributed by atoms with Gasteiger partial charge in [-0.1, -0.05) is 30.3 Å². The van der Waals surface area contributed by atoms with Gasteiger partial charge in [-0.25, -0.2) is 8.42 Å². The maximum Gasteiger partial charge on any atom is 0.243 e. The maximum atomic E-state index is 12.9. The highest BCUT2D eigenvalue weighted by molar-refractivity contribution is 7.89. The zero-order valence-electron chi connectivity index (χ0n) is 15.6. The fraction of sp³-hybridized carbons (Fsp3) is 0.381. The summed E-state index contributed by atoms with van der Waals surface area (Å²) in [5, 5.41) is 2.92. The molecule has 2 aromatic carbocycles. The van der Waals surface area contributed by atoms with E-state index < -0.39 is 10.0 Å². The first-order chi connectivity index (χ1) is 13.6. The van der Waals surface area contributed by atoms with E-state index in [9.17, 15) is 13.2 Å². The zero-order valence-corrected chi connectivity index (χ0v) is 16.5. The molecule has 0 bridgehead atoms. The van der Waals surface area contributed by atoms with Crippen LogP contribution in [0.1, 0.15) is 29.9 Å². The average molecular weight is 401 g/mol. The highest BCUT2D eigenvalue weighted by Gasteiger charge is 2.28. The first-order valence-electron chi connectivity index (χ1n) is 9.62. The number of nitrogens with zero attached hydrogens (tertiary/aromatic N) is 1. The molecule has 148 valence electrons. The van der Waals surface area contributed by atoms with Gasteiger partial charge in [0.2, 0.25) is 15.9 Å². The van der Waals surface area contributed by atoms with E-state index in [1.54, 1.807) is 18.2 Å². The van der Waals surface area contributed by atoms with Crippen molar-refractivity contribution >= 4 is 21.6 Å². The van der Waals surface area contributed by atoms with Crippen molar-refractivity contribution in [3.63, 3.8) is 0 Å². The lowest BCUT2D eigenvalue weighted by Crippen LogP contribution is -2.40. The number of hydrogen-bond donors (Lipinski definition) is 1. The van der Waals surface area contributed by atoms with E-state index >= 15 is 0 Å². The van der Waals surface area contributed by atoms with Crippen molar-refractivity contribution in [2.75, 3.05) is 31.6 Å². The third-order valence-corrected chi connectivity index (χ3v) is 7.29. The number of ether oxygens (including phenoxy) is 1. The number of benzene rings is 2. The Balaban J connectivity index is 1.53. The van der Waals surface area contributed by atoms with Gasteiger partial charge in [0, 0.05) is 18.8 Å². The summed E-state index contributed by atoms with van der Waals surface area (Å²) >= 11 is 0. The fourth-order valence-electron chi connectivity index (χ4n) is 3.93. The Morgan fingerprint density at radius 1 is 1.07 bits per heavy atom. The van der Waals surface area contributed by atoms with E-state index in [2.05, 4.69) is 11.4 Å². The van der Waals surface area contributed by atoms with Crippen molar-refractivity contribution in [3.8, 4) is 0 Å². The lowest BCUT2D eigenvalue weighted by molar-refractivity contribution is -0.117. The normalized spacial score (nSPS) is 20.4. The second-order valence-corrected chi connectivity index (χ2v) is 9.12. The zero-order chi connectivity index (χ0) is 19.6. The summed E-state index contributed by atoms with van der Waals surface area (Å²) in [5.74, 6) is -0.294. The summed E-state index contributed by atoms with van der Waals surface area (Å²) in [4.78, 5) is 13.1. The molecule has 1 saturated heterocycles. The summed E-state index contributed by atoms with van der Waals surface area (Å²) in [7, 11) is -3.59. The Bertz CT molecular complexity index is 968. The van der Waals surface area contributed by atoms with E-state index in [1.807, 2.05) is 18.2 Å². The third kappa shape index (κ3) is 3.83. The Hall–Kier alpha value is -2.22. The number of hydrogen-bond acceptors (Lipinski definition) is 4. The number of carbonyl (C=O) groups is 1. The van der Waals surface area contributed by atoms with Crippen LogP contribution in [0.3, 0.4) is 0 Å². The van der Waals surface area contributed by atoms with Crippen LogP contribution >= 0.6 is 0 Å². The molecule has 0 unspecified atom stereocenters. The van der Waals surface area contributed by atoms with Crippen molar-refractivity contribution in [3.05, 3.63) is 59.7 Å². The number of anilines is 1. The molecule has 1 N–H and O–H groups in total. The molecule has 1 heterocycles. The van der Waals surface area contributed by atoms with Crippen LogP contribution < -0.4 is 5.32 Å². The molecular weight excluding hydrogens is 376 g/mol. The van der Waals surface area contributed by atoms with Crippen molar-refractivity contribution in [1.29, 1.82) is 0 Å². The average Bonchev–Trinajstić information content (AvgIpc) is 2.74. The Labute approximate surface area is 165 Å². The lowest BCUT2D eigenvalue weighted by atomic mass is 9.82. The standard InChI is InChI=1S/C21H24N2O4S/c24-21(20-10-3-6-16-5-1-2-9-19(16)20)22-17-7-4-8-18(15-17)28(25,26)23-11-13-27-14-12-23/h1-2,4-5,7-9,15,20H,3,6,10-14H2,(H,22,24)/t20-/m1/s1. The van der Waals surface area contributed by atoms with Crippen LogP contribution in [-0.4, -0.2) is 44.9 Å². The summed E-state index contributed by atoms with van der Waals surface area (Å²) in [6.07, 6.45) is 2.77. The van der Waals surface area contributed by atoms with E-state index in [4.69, 9.17) is 4.74 Å². The minimum Gasteiger partial charge on any atom is -0.379 e. The predicted molar refractivity (Wildman–Crippen MR) is 107 cm³/mol. The minimum absolute atomic E-state index is 0.0897. The van der Waals surface area contributed by atoms with Gasteiger partial charge in [-0.2, -0.15) is 4.31 Å². The number of amides is 1. The number of rotatable bonds is 4. The number of carbonyl (C=O) groups excluding carboxylic acids is 1. The molecule has 1 atom stereocenters. The van der Waals surface area contributed by atoms with E-state index in [1.165, 1.54) is 15.9 Å². The second-order valence-electron chi connectivity index (χ2n) is 7.18. The Morgan fingerprint density at radius 2 is 1.86 bits per heavy atom. The number of sulfonamides is 1. The topological polar surface area (TPSA) is 75.7 Å². The third-order valence-electron chi connectivity index (χ3n) is 5.40. The van der Waals surface area contributed by atoms with Gasteiger partial charge in [-0.05, 0) is 48.6 Å². The number of nitrogens with one attached hydrogen (secondary N) is 1. The predicted octanol–water partition coefficient (Wildman–Crippen LogP) is 2.77. The number of aryl methyl sites for hydroxylation is 1. The number of fused-ring (bicyclic) bond motifs is 1. The van der Waals surface area contributed by atoms with Gasteiger partial charge in [0.25, 0.3) is 0 Å². The van der Waals surface area contributed by atoms with Crippen LogP contribution in [0.5, 0.6) is 0 Å². The molecule has 1 aliphatic carbocycles. The highest BCUT2D eigenvalue weighted by atomic mass is 32.2. The molecule has 0 spiro atoms. The summed E-state index contributed by atoms with van der Waals surface area (Å²) in [6.45, 7) is 1.49.